The Balaban J connectivity index is 0.00000684. The average molecular weight is 652 g/mol. The van der Waals surface area contributed by atoms with E-state index in [2.05, 4.69) is 5.32 Å². The van der Waals surface area contributed by atoms with Crippen molar-refractivity contribution in [3.63, 3.8) is 0 Å². The summed E-state index contributed by atoms with van der Waals surface area (Å²) in [7, 11) is -2.49. The number of hydrogen-bond donors (Lipinski definition) is 2. The number of unbranched alkanes of at least 4 members (excludes halogenated alkanes) is 1. The fourth-order valence-electron chi connectivity index (χ4n) is 3.84. The van der Waals surface area contributed by atoms with E-state index >= 15 is 0 Å². The summed E-state index contributed by atoms with van der Waals surface area (Å²) in [6, 6.07) is 11.8. The first-order valence-corrected chi connectivity index (χ1v) is 13.5. The number of sulfonamides is 1. The number of hydrogen-bond acceptors (Lipinski definition) is 7. The summed E-state index contributed by atoms with van der Waals surface area (Å²) >= 11 is 0. The fraction of sp³-hybridized carbons (Fsp3) is 0.462. The Hall–Kier alpha value is -1.06. The number of nitrogen functional groups attached to an aromatic ring is 1. The second kappa shape index (κ2) is 16.8. The second-order valence-electron chi connectivity index (χ2n) is 9.03. The SMILES string of the molecule is COc1ccccc1CCC(=O)NCCCC[C@@H](C(=O)[O-])N(CC(C)C)S(=O)(=O)c1ccc(N)cc1.[Cs+]. The van der Waals surface area contributed by atoms with E-state index in [4.69, 9.17) is 10.5 Å². The molecule has 2 rings (SSSR count). The maximum Gasteiger partial charge on any atom is 1.00 e. The van der Waals surface area contributed by atoms with Gasteiger partial charge in [-0.05, 0) is 67.5 Å². The van der Waals surface area contributed by atoms with E-state index < -0.39 is 22.0 Å². The number of nitrogens with two attached hydrogens (primary N) is 1. The second-order valence-corrected chi connectivity index (χ2v) is 10.9. The van der Waals surface area contributed by atoms with E-state index in [1.807, 2.05) is 38.1 Å². The van der Waals surface area contributed by atoms with Gasteiger partial charge in [0, 0.05) is 25.2 Å². The predicted octanol–water partition coefficient (Wildman–Crippen LogP) is -1.03. The number of ether oxygens (including phenoxy) is 1. The molecule has 0 spiro atoms. The van der Waals surface area contributed by atoms with E-state index in [1.165, 1.54) is 24.3 Å². The van der Waals surface area contributed by atoms with Crippen molar-refractivity contribution in [3.05, 3.63) is 54.1 Å². The quantitative estimate of drug-likeness (QED) is 0.185. The van der Waals surface area contributed by atoms with Crippen molar-refractivity contribution in [2.45, 2.75) is 56.9 Å². The molecule has 37 heavy (non-hydrogen) atoms. The third-order valence-corrected chi connectivity index (χ3v) is 7.58. The Morgan fingerprint density at radius 2 is 1.73 bits per heavy atom. The maximum absolute atomic E-state index is 13.3. The van der Waals surface area contributed by atoms with E-state index in [0.717, 1.165) is 15.6 Å². The number of carboxylic acid groups (broad SMARTS) is 1. The van der Waals surface area contributed by atoms with Crippen molar-refractivity contribution in [3.8, 4) is 5.75 Å². The average Bonchev–Trinajstić information content (AvgIpc) is 2.83. The van der Waals surface area contributed by atoms with E-state index in [1.54, 1.807) is 7.11 Å². The summed E-state index contributed by atoms with van der Waals surface area (Å²) in [5.41, 5.74) is 7.02. The minimum atomic E-state index is -4.08. The number of nitrogens with one attached hydrogen (secondary N) is 1. The van der Waals surface area contributed by atoms with Gasteiger partial charge < -0.3 is 25.7 Å². The van der Waals surface area contributed by atoms with E-state index in [-0.39, 0.29) is 98.6 Å². The molecule has 0 fully saturated rings. The molecule has 0 saturated heterocycles. The van der Waals surface area contributed by atoms with Crippen LogP contribution in [0.2, 0.25) is 0 Å². The Morgan fingerprint density at radius 1 is 1.08 bits per heavy atom. The summed E-state index contributed by atoms with van der Waals surface area (Å²) in [5.74, 6) is -0.934. The molecule has 2 aromatic carbocycles. The van der Waals surface area contributed by atoms with Gasteiger partial charge in [-0.1, -0.05) is 32.0 Å². The zero-order chi connectivity index (χ0) is 26.7. The monoisotopic (exact) mass is 651 g/mol. The van der Waals surface area contributed by atoms with Gasteiger partial charge in [-0.25, -0.2) is 8.42 Å². The van der Waals surface area contributed by atoms with Gasteiger partial charge in [0.15, 0.2) is 0 Å². The van der Waals surface area contributed by atoms with Crippen LogP contribution in [0, 0.1) is 5.92 Å². The van der Waals surface area contributed by atoms with Crippen molar-refractivity contribution in [1.82, 2.24) is 9.62 Å². The summed E-state index contributed by atoms with van der Waals surface area (Å²) in [5, 5.41) is 14.8. The molecule has 11 heteroatoms. The minimum Gasteiger partial charge on any atom is -0.548 e. The molecule has 198 valence electrons. The van der Waals surface area contributed by atoms with Gasteiger partial charge in [0.25, 0.3) is 0 Å². The number of benzene rings is 2. The van der Waals surface area contributed by atoms with Crippen LogP contribution in [0.3, 0.4) is 0 Å². The molecule has 0 aliphatic carbocycles. The number of methoxy groups -OCH3 is 1. The Kier molecular flexibility index (Phi) is 15.4. The van der Waals surface area contributed by atoms with Crippen LogP contribution in [0.5, 0.6) is 5.75 Å². The van der Waals surface area contributed by atoms with Gasteiger partial charge in [-0.2, -0.15) is 4.31 Å². The normalized spacial score (nSPS) is 12.1. The molecule has 0 aliphatic heterocycles. The molecule has 0 saturated carbocycles. The number of para-hydroxylation sites is 1. The largest absolute Gasteiger partial charge is 1.00 e. The van der Waals surface area contributed by atoms with Gasteiger partial charge in [0.05, 0.1) is 24.0 Å². The number of anilines is 1. The van der Waals surface area contributed by atoms with Crippen molar-refractivity contribution >= 4 is 27.6 Å². The van der Waals surface area contributed by atoms with Crippen LogP contribution in [-0.4, -0.2) is 50.8 Å². The number of rotatable bonds is 15. The number of carbonyl (C=O) groups excluding carboxylic acids is 2. The number of aryl methyl sites for hydroxylation is 1. The Morgan fingerprint density at radius 3 is 2.32 bits per heavy atom. The van der Waals surface area contributed by atoms with Crippen molar-refractivity contribution in [2.75, 3.05) is 25.9 Å². The number of amides is 1. The summed E-state index contributed by atoms with van der Waals surface area (Å²) in [6.07, 6.45) is 1.80. The van der Waals surface area contributed by atoms with Crippen molar-refractivity contribution in [1.29, 1.82) is 0 Å². The smallest absolute Gasteiger partial charge is 0.548 e. The molecule has 0 radical (unpaired) electrons. The van der Waals surface area contributed by atoms with Crippen LogP contribution < -0.4 is 89.8 Å². The van der Waals surface area contributed by atoms with Crippen LogP contribution in [-0.2, 0) is 26.0 Å². The standard InChI is InChI=1S/C26H37N3O6S.Cs/c1-19(2)18-29(36(33,34)22-14-12-21(27)13-15-22)23(26(31)32)9-6-7-17-28-25(30)16-11-20-8-4-5-10-24(20)35-3;/h4-5,8,10,12-15,19,23H,6-7,9,11,16-18,27H2,1-3H3,(H,28,30)(H,31,32);/q;+1/p-1/t23-;/m0./s1. The van der Waals surface area contributed by atoms with E-state index in [0.29, 0.717) is 37.9 Å². The molecule has 3 N–H and O–H groups in total. The van der Waals surface area contributed by atoms with Gasteiger partial charge in [0.2, 0.25) is 15.9 Å². The van der Waals surface area contributed by atoms with Crippen LogP contribution in [0.15, 0.2) is 53.4 Å². The number of carboxylic acids is 1. The first-order valence-electron chi connectivity index (χ1n) is 12.0. The van der Waals surface area contributed by atoms with Crippen LogP contribution >= 0.6 is 0 Å². The number of aliphatic carboxylic acids is 1. The summed E-state index contributed by atoms with van der Waals surface area (Å²) < 4.78 is 32.8. The number of nitrogens with zero attached hydrogens (tertiary/aromatic N) is 1. The zero-order valence-electron chi connectivity index (χ0n) is 22.1. The Bertz CT molecular complexity index is 1110. The molecule has 0 unspecified atom stereocenters. The van der Waals surface area contributed by atoms with Gasteiger partial charge >= 0.3 is 68.9 Å². The molecule has 0 aliphatic rings. The molecule has 2 aromatic rings. The number of carbonyl (C=O) groups is 2. The topological polar surface area (TPSA) is 142 Å². The fourth-order valence-corrected chi connectivity index (χ4v) is 5.62. The molecule has 1 atom stereocenters. The molecular weight excluding hydrogens is 615 g/mol. The van der Waals surface area contributed by atoms with Crippen LogP contribution in [0.1, 0.15) is 45.1 Å². The molecule has 0 aromatic heterocycles. The van der Waals surface area contributed by atoms with Crippen LogP contribution in [0.4, 0.5) is 5.69 Å². The molecule has 1 amide bonds. The Labute approximate surface area is 279 Å². The van der Waals surface area contributed by atoms with Gasteiger partial charge in [0.1, 0.15) is 5.75 Å². The van der Waals surface area contributed by atoms with E-state index in [9.17, 15) is 23.1 Å². The first-order chi connectivity index (χ1) is 17.1. The van der Waals surface area contributed by atoms with Crippen molar-refractivity contribution in [2.24, 2.45) is 5.92 Å². The minimum absolute atomic E-state index is 0. The summed E-state index contributed by atoms with van der Waals surface area (Å²) in [4.78, 5) is 24.2. The predicted molar refractivity (Wildman–Crippen MR) is 137 cm³/mol. The molecular formula is C26H36CsN3O6S. The third kappa shape index (κ3) is 10.9. The third-order valence-electron chi connectivity index (χ3n) is 5.69. The molecule has 9 nitrogen and oxygen atoms in total. The zero-order valence-corrected chi connectivity index (χ0v) is 29.2. The first kappa shape index (κ1) is 34.0. The summed E-state index contributed by atoms with van der Waals surface area (Å²) in [6.45, 7) is 4.03. The van der Waals surface area contributed by atoms with Crippen LogP contribution in [0.25, 0.3) is 0 Å². The molecule has 0 heterocycles. The van der Waals surface area contributed by atoms with Crippen molar-refractivity contribution < 1.29 is 96.7 Å². The van der Waals surface area contributed by atoms with Gasteiger partial charge in [-0.15, -0.1) is 0 Å². The maximum atomic E-state index is 13.3. The molecule has 0 bridgehead atoms. The van der Waals surface area contributed by atoms with Gasteiger partial charge in [-0.3, -0.25) is 4.79 Å².